The molecule has 138 valence electrons. The van der Waals surface area contributed by atoms with Crippen LogP contribution >= 0.6 is 0 Å². The summed E-state index contributed by atoms with van der Waals surface area (Å²) in [5.41, 5.74) is 1.28. The summed E-state index contributed by atoms with van der Waals surface area (Å²) in [6.45, 7) is -0.0676. The molecule has 0 atom stereocenters. The zero-order chi connectivity index (χ0) is 18.6. The molecule has 0 unspecified atom stereocenters. The van der Waals surface area contributed by atoms with Crippen LogP contribution in [-0.2, 0) is 14.3 Å². The standard InChI is InChI=1S/C19H15NO7/c21-18(20-13-3-5-15-17(8-13)27-11-25-15)9-23-19(22)6-2-12-1-4-14-16(7-12)26-10-24-14/h1-8H,9-11H2,(H,20,21). The molecule has 1 amide bonds. The van der Waals surface area contributed by atoms with Gasteiger partial charge >= 0.3 is 5.97 Å². The largest absolute Gasteiger partial charge is 0.454 e. The minimum absolute atomic E-state index is 0.153. The Morgan fingerprint density at radius 2 is 1.59 bits per heavy atom. The highest BCUT2D eigenvalue weighted by atomic mass is 16.7. The summed E-state index contributed by atoms with van der Waals surface area (Å²) in [6, 6.07) is 10.3. The van der Waals surface area contributed by atoms with Gasteiger partial charge in [0.05, 0.1) is 0 Å². The van der Waals surface area contributed by atoms with Crippen molar-refractivity contribution in [2.75, 3.05) is 25.5 Å². The lowest BCUT2D eigenvalue weighted by Gasteiger charge is -2.06. The van der Waals surface area contributed by atoms with Crippen molar-refractivity contribution in [3.8, 4) is 23.0 Å². The van der Waals surface area contributed by atoms with Crippen molar-refractivity contribution >= 4 is 23.6 Å². The fraction of sp³-hybridized carbons (Fsp3) is 0.158. The molecule has 0 bridgehead atoms. The number of rotatable bonds is 5. The van der Waals surface area contributed by atoms with Crippen LogP contribution < -0.4 is 24.3 Å². The molecule has 8 nitrogen and oxygen atoms in total. The van der Waals surface area contributed by atoms with Crippen molar-refractivity contribution in [2.45, 2.75) is 0 Å². The van der Waals surface area contributed by atoms with E-state index in [0.717, 1.165) is 5.56 Å². The lowest BCUT2D eigenvalue weighted by Crippen LogP contribution is -2.20. The van der Waals surface area contributed by atoms with Gasteiger partial charge < -0.3 is 29.0 Å². The number of amides is 1. The second-order valence-corrected chi connectivity index (χ2v) is 5.67. The van der Waals surface area contributed by atoms with E-state index in [0.29, 0.717) is 28.7 Å². The lowest BCUT2D eigenvalue weighted by atomic mass is 10.2. The normalized spacial score (nSPS) is 13.6. The third kappa shape index (κ3) is 3.95. The van der Waals surface area contributed by atoms with Crippen LogP contribution in [0.15, 0.2) is 42.5 Å². The highest BCUT2D eigenvalue weighted by molar-refractivity contribution is 5.94. The maximum absolute atomic E-state index is 11.9. The number of carbonyl (C=O) groups is 2. The van der Waals surface area contributed by atoms with Gasteiger partial charge in [0, 0.05) is 17.8 Å². The second kappa shape index (κ2) is 7.28. The molecule has 8 heteroatoms. The predicted molar refractivity (Wildman–Crippen MR) is 93.8 cm³/mol. The van der Waals surface area contributed by atoms with E-state index in [1.807, 2.05) is 0 Å². The highest BCUT2D eigenvalue weighted by Gasteiger charge is 2.15. The Balaban J connectivity index is 1.27. The van der Waals surface area contributed by atoms with Crippen molar-refractivity contribution in [3.63, 3.8) is 0 Å². The van der Waals surface area contributed by atoms with Gasteiger partial charge in [0.15, 0.2) is 29.6 Å². The van der Waals surface area contributed by atoms with Gasteiger partial charge in [-0.05, 0) is 35.9 Å². The lowest BCUT2D eigenvalue weighted by molar-refractivity contribution is -0.142. The van der Waals surface area contributed by atoms with Gasteiger partial charge in [-0.1, -0.05) is 6.07 Å². The third-order valence-corrected chi connectivity index (χ3v) is 3.81. The SMILES string of the molecule is O=C(COC(=O)C=Cc1ccc2c(c1)OCO2)Nc1ccc2c(c1)OCO2. The highest BCUT2D eigenvalue weighted by Crippen LogP contribution is 2.34. The van der Waals surface area contributed by atoms with Crippen molar-refractivity contribution in [1.29, 1.82) is 0 Å². The molecule has 0 saturated carbocycles. The summed E-state index contributed by atoms with van der Waals surface area (Å²) in [7, 11) is 0. The van der Waals surface area contributed by atoms with Crippen LogP contribution in [0.4, 0.5) is 5.69 Å². The molecule has 2 aromatic rings. The van der Waals surface area contributed by atoms with Crippen molar-refractivity contribution in [1.82, 2.24) is 0 Å². The van der Waals surface area contributed by atoms with E-state index in [2.05, 4.69) is 5.32 Å². The number of ether oxygens (including phenoxy) is 5. The average Bonchev–Trinajstić information content (AvgIpc) is 3.32. The maximum atomic E-state index is 11.9. The van der Waals surface area contributed by atoms with Crippen LogP contribution in [0.2, 0.25) is 0 Å². The quantitative estimate of drug-likeness (QED) is 0.639. The van der Waals surface area contributed by atoms with Gasteiger partial charge in [-0.3, -0.25) is 4.79 Å². The molecule has 0 saturated heterocycles. The molecule has 2 aliphatic rings. The first-order valence-corrected chi connectivity index (χ1v) is 8.11. The van der Waals surface area contributed by atoms with Crippen LogP contribution in [0.3, 0.4) is 0 Å². The van der Waals surface area contributed by atoms with E-state index in [9.17, 15) is 9.59 Å². The van der Waals surface area contributed by atoms with Gasteiger partial charge in [0.25, 0.3) is 5.91 Å². The van der Waals surface area contributed by atoms with Crippen LogP contribution in [-0.4, -0.2) is 32.1 Å². The van der Waals surface area contributed by atoms with Gasteiger partial charge in [-0.2, -0.15) is 0 Å². The van der Waals surface area contributed by atoms with E-state index < -0.39 is 18.5 Å². The Bertz CT molecular complexity index is 922. The first-order chi connectivity index (χ1) is 13.2. The molecule has 0 aromatic heterocycles. The summed E-state index contributed by atoms with van der Waals surface area (Å²) >= 11 is 0. The van der Waals surface area contributed by atoms with E-state index in [4.69, 9.17) is 23.7 Å². The van der Waals surface area contributed by atoms with Crippen molar-refractivity contribution in [2.24, 2.45) is 0 Å². The third-order valence-electron chi connectivity index (χ3n) is 3.81. The van der Waals surface area contributed by atoms with Crippen LogP contribution in [0, 0.1) is 0 Å². The Morgan fingerprint density at radius 1 is 0.926 bits per heavy atom. The average molecular weight is 369 g/mol. The van der Waals surface area contributed by atoms with Gasteiger partial charge in [0.1, 0.15) is 0 Å². The Kier molecular flexibility index (Phi) is 4.52. The number of fused-ring (bicyclic) bond motifs is 2. The summed E-state index contributed by atoms with van der Waals surface area (Å²) < 4.78 is 25.9. The van der Waals surface area contributed by atoms with Crippen LogP contribution in [0.1, 0.15) is 5.56 Å². The molecule has 0 fully saturated rings. The Labute approximate surface area is 154 Å². The molecular weight excluding hydrogens is 354 g/mol. The summed E-state index contributed by atoms with van der Waals surface area (Å²) in [5, 5.41) is 2.62. The molecule has 1 N–H and O–H groups in total. The molecule has 27 heavy (non-hydrogen) atoms. The molecule has 0 spiro atoms. The first kappa shape index (κ1) is 16.8. The number of esters is 1. The minimum Gasteiger partial charge on any atom is -0.454 e. The maximum Gasteiger partial charge on any atom is 0.331 e. The number of carbonyl (C=O) groups excluding carboxylic acids is 2. The zero-order valence-electron chi connectivity index (χ0n) is 14.1. The van der Waals surface area contributed by atoms with Gasteiger partial charge in [-0.15, -0.1) is 0 Å². The van der Waals surface area contributed by atoms with E-state index in [-0.39, 0.29) is 13.6 Å². The zero-order valence-corrected chi connectivity index (χ0v) is 14.1. The topological polar surface area (TPSA) is 92.3 Å². The summed E-state index contributed by atoms with van der Waals surface area (Å²) in [5.74, 6) is 1.36. The number of benzene rings is 2. The monoisotopic (exact) mass is 369 g/mol. The Hall–Kier alpha value is -3.68. The minimum atomic E-state index is -0.631. The van der Waals surface area contributed by atoms with Crippen LogP contribution in [0.5, 0.6) is 23.0 Å². The molecule has 2 heterocycles. The molecule has 0 aliphatic carbocycles. The first-order valence-electron chi connectivity index (χ1n) is 8.11. The fourth-order valence-electron chi connectivity index (χ4n) is 2.54. The number of anilines is 1. The molecule has 0 radical (unpaired) electrons. The Morgan fingerprint density at radius 3 is 2.37 bits per heavy atom. The molecule has 2 aromatic carbocycles. The smallest absolute Gasteiger partial charge is 0.331 e. The molecule has 2 aliphatic heterocycles. The van der Waals surface area contributed by atoms with Crippen LogP contribution in [0.25, 0.3) is 6.08 Å². The van der Waals surface area contributed by atoms with Crippen molar-refractivity contribution in [3.05, 3.63) is 48.0 Å². The van der Waals surface area contributed by atoms with E-state index in [1.54, 1.807) is 42.5 Å². The van der Waals surface area contributed by atoms with Gasteiger partial charge in [0.2, 0.25) is 13.6 Å². The van der Waals surface area contributed by atoms with E-state index >= 15 is 0 Å². The number of hydrogen-bond donors (Lipinski definition) is 1. The summed E-state index contributed by atoms with van der Waals surface area (Å²) in [6.07, 6.45) is 2.81. The van der Waals surface area contributed by atoms with Gasteiger partial charge in [-0.25, -0.2) is 4.79 Å². The second-order valence-electron chi connectivity index (χ2n) is 5.67. The fourth-order valence-corrected chi connectivity index (χ4v) is 2.54. The molecular formula is C19H15NO7. The summed E-state index contributed by atoms with van der Waals surface area (Å²) in [4.78, 5) is 23.7. The number of hydrogen-bond acceptors (Lipinski definition) is 7. The van der Waals surface area contributed by atoms with E-state index in [1.165, 1.54) is 6.08 Å². The van der Waals surface area contributed by atoms with Crippen molar-refractivity contribution < 1.29 is 33.3 Å². The predicted octanol–water partition coefficient (Wildman–Crippen LogP) is 2.34. The number of nitrogens with one attached hydrogen (secondary N) is 1. The molecule has 4 rings (SSSR count).